The molecular weight excluding hydrogens is 240 g/mol. The molecule has 2 rings (SSSR count). The highest BCUT2D eigenvalue weighted by molar-refractivity contribution is 5.88. The second-order valence-corrected chi connectivity index (χ2v) is 6.46. The van der Waals surface area contributed by atoms with Gasteiger partial charge in [0.2, 0.25) is 0 Å². The van der Waals surface area contributed by atoms with E-state index in [1.165, 1.54) is 0 Å². The first-order valence-electron chi connectivity index (χ1n) is 6.74. The van der Waals surface area contributed by atoms with Crippen LogP contribution in [-0.4, -0.2) is 29.1 Å². The minimum absolute atomic E-state index is 0.286. The highest BCUT2D eigenvalue weighted by atomic mass is 16.4. The fourth-order valence-electron chi connectivity index (χ4n) is 2.61. The van der Waals surface area contributed by atoms with Crippen molar-refractivity contribution >= 4 is 11.8 Å². The lowest BCUT2D eigenvalue weighted by Gasteiger charge is -2.27. The van der Waals surface area contributed by atoms with E-state index in [1.807, 2.05) is 6.92 Å². The standard InChI is InChI=1S/C15H22N2O2/c1-10-7-11(14(18)19)8-13(16-10)17-6-5-12(9-17)15(2,3)4/h7-8,12H,5-6,9H2,1-4H3,(H,18,19). The first kappa shape index (κ1) is 13.8. The van der Waals surface area contributed by atoms with Crippen LogP contribution < -0.4 is 4.90 Å². The molecule has 2 heterocycles. The number of aryl methyl sites for hydroxylation is 1. The van der Waals surface area contributed by atoms with Gasteiger partial charge in [0.15, 0.2) is 0 Å². The van der Waals surface area contributed by atoms with Gasteiger partial charge in [-0.05, 0) is 36.8 Å². The predicted octanol–water partition coefficient (Wildman–Crippen LogP) is 2.96. The molecule has 1 aromatic rings. The molecule has 0 aromatic carbocycles. The minimum atomic E-state index is -0.890. The van der Waals surface area contributed by atoms with Crippen LogP contribution in [0.2, 0.25) is 0 Å². The molecule has 1 aromatic heterocycles. The van der Waals surface area contributed by atoms with E-state index >= 15 is 0 Å². The second kappa shape index (κ2) is 4.83. The van der Waals surface area contributed by atoms with E-state index in [0.717, 1.165) is 31.0 Å². The third kappa shape index (κ3) is 3.06. The van der Waals surface area contributed by atoms with Gasteiger partial charge in [0.25, 0.3) is 0 Å². The number of hydrogen-bond acceptors (Lipinski definition) is 3. The Hall–Kier alpha value is -1.58. The van der Waals surface area contributed by atoms with E-state index in [9.17, 15) is 4.79 Å². The Labute approximate surface area is 114 Å². The quantitative estimate of drug-likeness (QED) is 0.890. The largest absolute Gasteiger partial charge is 0.478 e. The third-order valence-electron chi connectivity index (χ3n) is 3.92. The van der Waals surface area contributed by atoms with Gasteiger partial charge >= 0.3 is 5.97 Å². The summed E-state index contributed by atoms with van der Waals surface area (Å²) in [7, 11) is 0. The average molecular weight is 262 g/mol. The average Bonchev–Trinajstić information content (AvgIpc) is 2.76. The van der Waals surface area contributed by atoms with Gasteiger partial charge in [-0.3, -0.25) is 0 Å². The van der Waals surface area contributed by atoms with E-state index in [1.54, 1.807) is 12.1 Å². The maximum atomic E-state index is 11.1. The number of pyridine rings is 1. The summed E-state index contributed by atoms with van der Waals surface area (Å²) in [6, 6.07) is 3.30. The van der Waals surface area contributed by atoms with Crippen molar-refractivity contribution in [3.05, 3.63) is 23.4 Å². The Morgan fingerprint density at radius 1 is 1.42 bits per heavy atom. The van der Waals surface area contributed by atoms with Crippen LogP contribution in [-0.2, 0) is 0 Å². The summed E-state index contributed by atoms with van der Waals surface area (Å²) in [6.07, 6.45) is 1.14. The van der Waals surface area contributed by atoms with Gasteiger partial charge in [-0.1, -0.05) is 20.8 Å². The summed E-state index contributed by atoms with van der Waals surface area (Å²) in [6.45, 7) is 10.5. The zero-order chi connectivity index (χ0) is 14.2. The SMILES string of the molecule is Cc1cc(C(=O)O)cc(N2CCC(C(C)(C)C)C2)n1. The van der Waals surface area contributed by atoms with E-state index in [0.29, 0.717) is 11.5 Å². The first-order chi connectivity index (χ1) is 8.77. The third-order valence-corrected chi connectivity index (χ3v) is 3.92. The van der Waals surface area contributed by atoms with E-state index < -0.39 is 5.97 Å². The summed E-state index contributed by atoms with van der Waals surface area (Å²) in [5.74, 6) is 0.533. The van der Waals surface area contributed by atoms with Crippen molar-refractivity contribution in [1.82, 2.24) is 4.98 Å². The minimum Gasteiger partial charge on any atom is -0.478 e. The molecule has 4 nitrogen and oxygen atoms in total. The van der Waals surface area contributed by atoms with Gasteiger partial charge in [-0.15, -0.1) is 0 Å². The van der Waals surface area contributed by atoms with Gasteiger partial charge in [0.05, 0.1) is 5.56 Å². The van der Waals surface area contributed by atoms with Crippen LogP contribution in [0.5, 0.6) is 0 Å². The van der Waals surface area contributed by atoms with Gasteiger partial charge < -0.3 is 10.0 Å². The smallest absolute Gasteiger partial charge is 0.335 e. The molecule has 0 radical (unpaired) electrons. The van der Waals surface area contributed by atoms with Crippen LogP contribution >= 0.6 is 0 Å². The Kier molecular flexibility index (Phi) is 3.52. The molecule has 1 atom stereocenters. The second-order valence-electron chi connectivity index (χ2n) is 6.46. The van der Waals surface area contributed by atoms with Crippen LogP contribution in [0.25, 0.3) is 0 Å². The number of nitrogens with zero attached hydrogens (tertiary/aromatic N) is 2. The number of hydrogen-bond donors (Lipinski definition) is 1. The number of rotatable bonds is 2. The highest BCUT2D eigenvalue weighted by Crippen LogP contribution is 2.35. The molecule has 1 unspecified atom stereocenters. The van der Waals surface area contributed by atoms with Gasteiger partial charge in [0, 0.05) is 18.8 Å². The van der Waals surface area contributed by atoms with E-state index in [-0.39, 0.29) is 5.41 Å². The molecule has 0 amide bonds. The van der Waals surface area contributed by atoms with E-state index in [2.05, 4.69) is 30.7 Å². The van der Waals surface area contributed by atoms with Crippen LogP contribution in [0.3, 0.4) is 0 Å². The highest BCUT2D eigenvalue weighted by Gasteiger charge is 2.32. The molecule has 1 saturated heterocycles. The number of anilines is 1. The molecule has 1 N–H and O–H groups in total. The van der Waals surface area contributed by atoms with Crippen LogP contribution in [0.4, 0.5) is 5.82 Å². The van der Waals surface area contributed by atoms with Gasteiger partial charge in [0.1, 0.15) is 5.82 Å². The zero-order valence-electron chi connectivity index (χ0n) is 12.1. The molecule has 19 heavy (non-hydrogen) atoms. The Morgan fingerprint density at radius 3 is 2.63 bits per heavy atom. The summed E-state index contributed by atoms with van der Waals surface area (Å²) in [5.41, 5.74) is 1.37. The van der Waals surface area contributed by atoms with E-state index in [4.69, 9.17) is 5.11 Å². The molecule has 0 saturated carbocycles. The molecule has 1 fully saturated rings. The van der Waals surface area contributed by atoms with Crippen LogP contribution in [0.15, 0.2) is 12.1 Å². The fourth-order valence-corrected chi connectivity index (χ4v) is 2.61. The van der Waals surface area contributed by atoms with Crippen LogP contribution in [0.1, 0.15) is 43.2 Å². The van der Waals surface area contributed by atoms with Crippen molar-refractivity contribution in [3.8, 4) is 0 Å². The first-order valence-corrected chi connectivity index (χ1v) is 6.74. The Balaban J connectivity index is 2.22. The molecule has 1 aliphatic rings. The lowest BCUT2D eigenvalue weighted by molar-refractivity contribution is 0.0696. The maximum absolute atomic E-state index is 11.1. The lowest BCUT2D eigenvalue weighted by Crippen LogP contribution is -2.26. The number of carbonyl (C=O) groups is 1. The molecule has 0 aliphatic carbocycles. The summed E-state index contributed by atoms with van der Waals surface area (Å²) in [4.78, 5) is 17.8. The van der Waals surface area contributed by atoms with Crippen molar-refractivity contribution in [2.75, 3.05) is 18.0 Å². The number of aromatic carboxylic acids is 1. The predicted molar refractivity (Wildman–Crippen MR) is 75.7 cm³/mol. The molecule has 0 bridgehead atoms. The molecule has 104 valence electrons. The lowest BCUT2D eigenvalue weighted by atomic mass is 9.80. The van der Waals surface area contributed by atoms with Gasteiger partial charge in [-0.2, -0.15) is 0 Å². The Bertz CT molecular complexity index is 491. The Morgan fingerprint density at radius 2 is 2.11 bits per heavy atom. The molecular formula is C15H22N2O2. The summed E-state index contributed by atoms with van der Waals surface area (Å²) in [5, 5.41) is 9.11. The zero-order valence-corrected chi connectivity index (χ0v) is 12.1. The summed E-state index contributed by atoms with van der Waals surface area (Å²) < 4.78 is 0. The van der Waals surface area contributed by atoms with Crippen molar-refractivity contribution in [1.29, 1.82) is 0 Å². The molecule has 1 aliphatic heterocycles. The van der Waals surface area contributed by atoms with Crippen molar-refractivity contribution in [3.63, 3.8) is 0 Å². The maximum Gasteiger partial charge on any atom is 0.335 e. The van der Waals surface area contributed by atoms with Crippen LogP contribution in [0, 0.1) is 18.3 Å². The monoisotopic (exact) mass is 262 g/mol. The molecule has 4 heteroatoms. The van der Waals surface area contributed by atoms with Crippen molar-refractivity contribution in [2.24, 2.45) is 11.3 Å². The molecule has 0 spiro atoms. The fraction of sp³-hybridized carbons (Fsp3) is 0.600. The number of aromatic nitrogens is 1. The normalized spacial score (nSPS) is 19.8. The number of carboxylic acids is 1. The van der Waals surface area contributed by atoms with Crippen molar-refractivity contribution in [2.45, 2.75) is 34.1 Å². The van der Waals surface area contributed by atoms with Gasteiger partial charge in [-0.25, -0.2) is 9.78 Å². The summed E-state index contributed by atoms with van der Waals surface area (Å²) >= 11 is 0. The van der Waals surface area contributed by atoms with Crippen molar-refractivity contribution < 1.29 is 9.90 Å². The number of carboxylic acid groups (broad SMARTS) is 1. The topological polar surface area (TPSA) is 53.4 Å².